The minimum atomic E-state index is -0.193. The van der Waals surface area contributed by atoms with Gasteiger partial charge in [-0.2, -0.15) is 0 Å². The fourth-order valence-electron chi connectivity index (χ4n) is 2.68. The summed E-state index contributed by atoms with van der Waals surface area (Å²) in [6.07, 6.45) is 7.78. The van der Waals surface area contributed by atoms with Crippen molar-refractivity contribution in [2.75, 3.05) is 19.6 Å². The zero-order valence-electron chi connectivity index (χ0n) is 13.3. The Bertz CT molecular complexity index is 460. The van der Waals surface area contributed by atoms with Crippen molar-refractivity contribution in [2.24, 2.45) is 0 Å². The zero-order valence-corrected chi connectivity index (χ0v) is 14.9. The number of hydrogen-bond acceptors (Lipinski definition) is 4. The van der Waals surface area contributed by atoms with Gasteiger partial charge in [0.25, 0.3) is 5.91 Å². The van der Waals surface area contributed by atoms with E-state index in [1.807, 2.05) is 11.4 Å². The highest BCUT2D eigenvalue weighted by Crippen LogP contribution is 2.16. The molecule has 1 aliphatic rings. The Kier molecular flexibility index (Phi) is 9.91. The lowest BCUT2D eigenvalue weighted by Gasteiger charge is -2.16. The largest absolute Gasteiger partial charge is 0.353 e. The third-order valence-corrected chi connectivity index (χ3v) is 4.76. The van der Waals surface area contributed by atoms with E-state index in [-0.39, 0.29) is 30.8 Å². The van der Waals surface area contributed by atoms with E-state index >= 15 is 0 Å². The molecule has 23 heavy (non-hydrogen) atoms. The van der Waals surface area contributed by atoms with Gasteiger partial charge in [-0.25, -0.2) is 0 Å². The summed E-state index contributed by atoms with van der Waals surface area (Å²) in [7, 11) is 0. The lowest BCUT2D eigenvalue weighted by atomic mass is 10.1. The van der Waals surface area contributed by atoms with Crippen molar-refractivity contribution in [3.05, 3.63) is 22.4 Å². The Balaban J connectivity index is 0.00000264. The second-order valence-corrected chi connectivity index (χ2v) is 6.60. The fraction of sp³-hybridized carbons (Fsp3) is 0.625. The Morgan fingerprint density at radius 1 is 1.09 bits per heavy atom. The maximum atomic E-state index is 11.7. The molecule has 2 amide bonds. The van der Waals surface area contributed by atoms with Crippen LogP contribution in [-0.2, 0) is 4.79 Å². The highest BCUT2D eigenvalue weighted by molar-refractivity contribution is 7.12. The van der Waals surface area contributed by atoms with E-state index in [0.29, 0.717) is 17.5 Å². The molecular weight excluding hydrogens is 334 g/mol. The van der Waals surface area contributed by atoms with Crippen LogP contribution in [0.25, 0.3) is 0 Å². The zero-order chi connectivity index (χ0) is 15.6. The van der Waals surface area contributed by atoms with Gasteiger partial charge in [0.15, 0.2) is 0 Å². The number of halogens is 1. The van der Waals surface area contributed by atoms with Crippen LogP contribution in [0, 0.1) is 0 Å². The van der Waals surface area contributed by atoms with Crippen molar-refractivity contribution in [3.63, 3.8) is 0 Å². The third kappa shape index (κ3) is 7.81. The third-order valence-electron chi connectivity index (χ3n) is 3.89. The molecule has 0 bridgehead atoms. The molecule has 1 aliphatic carbocycles. The normalized spacial score (nSPS) is 15.3. The van der Waals surface area contributed by atoms with Crippen molar-refractivity contribution in [3.8, 4) is 0 Å². The molecule has 0 atom stereocenters. The van der Waals surface area contributed by atoms with Gasteiger partial charge >= 0.3 is 0 Å². The fourth-order valence-corrected chi connectivity index (χ4v) is 3.32. The molecule has 0 aliphatic heterocycles. The summed E-state index contributed by atoms with van der Waals surface area (Å²) in [5.41, 5.74) is 0. The molecular formula is C16H26ClN3O2S. The van der Waals surface area contributed by atoms with Crippen LogP contribution in [-0.4, -0.2) is 37.5 Å². The Hall–Kier alpha value is -1.11. The molecule has 2 rings (SSSR count). The van der Waals surface area contributed by atoms with Crippen LogP contribution in [0.5, 0.6) is 0 Å². The molecule has 130 valence electrons. The molecule has 3 N–H and O–H groups in total. The van der Waals surface area contributed by atoms with E-state index in [2.05, 4.69) is 16.0 Å². The quantitative estimate of drug-likeness (QED) is 0.517. The maximum absolute atomic E-state index is 11.7. The van der Waals surface area contributed by atoms with E-state index in [1.165, 1.54) is 49.9 Å². The monoisotopic (exact) mass is 359 g/mol. The molecule has 0 spiro atoms. The highest BCUT2D eigenvalue weighted by Gasteiger charge is 2.11. The minimum Gasteiger partial charge on any atom is -0.353 e. The van der Waals surface area contributed by atoms with E-state index in [4.69, 9.17) is 0 Å². The smallest absolute Gasteiger partial charge is 0.261 e. The lowest BCUT2D eigenvalue weighted by molar-refractivity contribution is -0.120. The van der Waals surface area contributed by atoms with Gasteiger partial charge in [0, 0.05) is 19.1 Å². The molecule has 5 nitrogen and oxygen atoms in total. The van der Waals surface area contributed by atoms with Gasteiger partial charge < -0.3 is 16.0 Å². The predicted molar refractivity (Wildman–Crippen MR) is 96.4 cm³/mol. The van der Waals surface area contributed by atoms with Crippen LogP contribution in [0.3, 0.4) is 0 Å². The summed E-state index contributed by atoms with van der Waals surface area (Å²) < 4.78 is 0. The van der Waals surface area contributed by atoms with Gasteiger partial charge in [-0.05, 0) is 24.3 Å². The van der Waals surface area contributed by atoms with Gasteiger partial charge in [-0.15, -0.1) is 23.7 Å². The predicted octanol–water partition coefficient (Wildman–Crippen LogP) is 2.33. The van der Waals surface area contributed by atoms with E-state index in [9.17, 15) is 9.59 Å². The van der Waals surface area contributed by atoms with Crippen molar-refractivity contribution < 1.29 is 9.59 Å². The van der Waals surface area contributed by atoms with E-state index in [0.717, 1.165) is 6.54 Å². The molecule has 1 fully saturated rings. The van der Waals surface area contributed by atoms with Crippen molar-refractivity contribution in [1.29, 1.82) is 0 Å². The number of rotatable bonds is 7. The lowest BCUT2D eigenvalue weighted by Crippen LogP contribution is -2.41. The number of nitrogens with one attached hydrogen (secondary N) is 3. The average Bonchev–Trinajstić information content (AvgIpc) is 2.94. The second kappa shape index (κ2) is 11.4. The number of thiophene rings is 1. The Labute approximate surface area is 148 Å². The van der Waals surface area contributed by atoms with Gasteiger partial charge in [-0.1, -0.05) is 31.7 Å². The molecule has 1 heterocycles. The highest BCUT2D eigenvalue weighted by atomic mass is 35.5. The van der Waals surface area contributed by atoms with E-state index in [1.54, 1.807) is 6.07 Å². The topological polar surface area (TPSA) is 70.2 Å². The maximum Gasteiger partial charge on any atom is 0.261 e. The summed E-state index contributed by atoms with van der Waals surface area (Å²) in [5, 5.41) is 10.8. The van der Waals surface area contributed by atoms with Gasteiger partial charge in [-0.3, -0.25) is 9.59 Å². The van der Waals surface area contributed by atoms with Crippen LogP contribution in [0.15, 0.2) is 17.5 Å². The van der Waals surface area contributed by atoms with E-state index < -0.39 is 0 Å². The minimum absolute atomic E-state index is 0. The van der Waals surface area contributed by atoms with Gasteiger partial charge in [0.1, 0.15) is 0 Å². The van der Waals surface area contributed by atoms with Crippen LogP contribution in [0.2, 0.25) is 0 Å². The first-order valence-corrected chi connectivity index (χ1v) is 8.95. The molecule has 1 aromatic rings. The molecule has 0 radical (unpaired) electrons. The average molecular weight is 360 g/mol. The first-order valence-electron chi connectivity index (χ1n) is 8.07. The molecule has 7 heteroatoms. The van der Waals surface area contributed by atoms with Crippen LogP contribution in [0.1, 0.15) is 48.2 Å². The van der Waals surface area contributed by atoms with Crippen LogP contribution < -0.4 is 16.0 Å². The molecule has 0 unspecified atom stereocenters. The Morgan fingerprint density at radius 3 is 2.48 bits per heavy atom. The summed E-state index contributed by atoms with van der Waals surface area (Å²) in [6.45, 7) is 1.42. The number of carbonyl (C=O) groups excluding carboxylic acids is 2. The summed E-state index contributed by atoms with van der Waals surface area (Å²) in [5.74, 6) is -0.339. The summed E-state index contributed by atoms with van der Waals surface area (Å²) in [6, 6.07) is 4.16. The first-order chi connectivity index (χ1) is 10.8. The summed E-state index contributed by atoms with van der Waals surface area (Å²) >= 11 is 1.37. The van der Waals surface area contributed by atoms with Gasteiger partial charge in [0.05, 0.1) is 11.4 Å². The van der Waals surface area contributed by atoms with Crippen LogP contribution >= 0.6 is 23.7 Å². The molecule has 0 aromatic carbocycles. The second-order valence-electron chi connectivity index (χ2n) is 5.65. The number of hydrogen-bond donors (Lipinski definition) is 3. The SMILES string of the molecule is Cl.O=C(CNC(=O)c1cccs1)NCCNC1CCCCCC1. The molecule has 0 saturated heterocycles. The van der Waals surface area contributed by atoms with Crippen LogP contribution in [0.4, 0.5) is 0 Å². The van der Waals surface area contributed by atoms with Crippen molar-refractivity contribution in [2.45, 2.75) is 44.6 Å². The first kappa shape index (κ1) is 19.9. The van der Waals surface area contributed by atoms with Crippen molar-refractivity contribution >= 4 is 35.6 Å². The number of carbonyl (C=O) groups is 2. The Morgan fingerprint density at radius 2 is 1.83 bits per heavy atom. The molecule has 1 aromatic heterocycles. The standard InChI is InChI=1S/C16H25N3O2S.ClH/c20-15(12-19-16(21)14-8-5-11-22-14)18-10-9-17-13-6-3-1-2-4-7-13;/h5,8,11,13,17H,1-4,6-7,9-10,12H2,(H,18,20)(H,19,21);1H. The number of amides is 2. The van der Waals surface area contributed by atoms with Crippen molar-refractivity contribution in [1.82, 2.24) is 16.0 Å². The van der Waals surface area contributed by atoms with Gasteiger partial charge in [0.2, 0.25) is 5.91 Å². The molecule has 1 saturated carbocycles. The summed E-state index contributed by atoms with van der Waals surface area (Å²) in [4.78, 5) is 24.0.